The SMILES string of the molecule is COc1cccc(C2=CCCO2)c1. The molecule has 0 saturated heterocycles. The summed E-state index contributed by atoms with van der Waals surface area (Å²) >= 11 is 0. The van der Waals surface area contributed by atoms with Gasteiger partial charge in [-0.2, -0.15) is 0 Å². The second kappa shape index (κ2) is 3.52. The van der Waals surface area contributed by atoms with Gasteiger partial charge in [0.05, 0.1) is 13.7 Å². The van der Waals surface area contributed by atoms with Gasteiger partial charge in [-0.25, -0.2) is 0 Å². The molecule has 2 heteroatoms. The monoisotopic (exact) mass is 176 g/mol. The molecule has 0 aromatic heterocycles. The van der Waals surface area contributed by atoms with E-state index in [1.165, 1.54) is 0 Å². The maximum Gasteiger partial charge on any atom is 0.122 e. The third kappa shape index (κ3) is 1.66. The van der Waals surface area contributed by atoms with Crippen molar-refractivity contribution in [3.63, 3.8) is 0 Å². The standard InChI is InChI=1S/C11H12O2/c1-12-10-5-2-4-9(8-10)11-6-3-7-13-11/h2,4-6,8H,3,7H2,1H3. The van der Waals surface area contributed by atoms with Crippen molar-refractivity contribution in [1.82, 2.24) is 0 Å². The molecule has 0 radical (unpaired) electrons. The normalized spacial score (nSPS) is 15.0. The molecule has 1 aliphatic heterocycles. The van der Waals surface area contributed by atoms with Crippen LogP contribution in [0, 0.1) is 0 Å². The van der Waals surface area contributed by atoms with Gasteiger partial charge in [0.15, 0.2) is 0 Å². The second-order valence-corrected chi connectivity index (χ2v) is 2.94. The molecule has 13 heavy (non-hydrogen) atoms. The quantitative estimate of drug-likeness (QED) is 0.689. The van der Waals surface area contributed by atoms with Crippen molar-refractivity contribution >= 4 is 5.76 Å². The highest BCUT2D eigenvalue weighted by Gasteiger charge is 2.08. The van der Waals surface area contributed by atoms with Crippen molar-refractivity contribution in [1.29, 1.82) is 0 Å². The molecular formula is C11H12O2. The summed E-state index contributed by atoms with van der Waals surface area (Å²) in [5.41, 5.74) is 1.09. The van der Waals surface area contributed by atoms with Crippen LogP contribution >= 0.6 is 0 Å². The van der Waals surface area contributed by atoms with Gasteiger partial charge in [-0.3, -0.25) is 0 Å². The van der Waals surface area contributed by atoms with Crippen molar-refractivity contribution in [2.24, 2.45) is 0 Å². The Bertz CT molecular complexity index is 329. The van der Waals surface area contributed by atoms with E-state index in [1.807, 2.05) is 24.3 Å². The molecule has 68 valence electrons. The van der Waals surface area contributed by atoms with Gasteiger partial charge in [0.25, 0.3) is 0 Å². The Morgan fingerprint density at radius 3 is 3.00 bits per heavy atom. The maximum absolute atomic E-state index is 5.44. The number of methoxy groups -OCH3 is 1. The van der Waals surface area contributed by atoms with Crippen molar-refractivity contribution in [3.8, 4) is 5.75 Å². The molecule has 0 fully saturated rings. The van der Waals surface area contributed by atoms with E-state index in [-0.39, 0.29) is 0 Å². The third-order valence-electron chi connectivity index (χ3n) is 2.06. The molecule has 0 N–H and O–H groups in total. The van der Waals surface area contributed by atoms with Crippen LogP contribution in [0.2, 0.25) is 0 Å². The van der Waals surface area contributed by atoms with E-state index in [2.05, 4.69) is 6.08 Å². The molecule has 2 nitrogen and oxygen atoms in total. The molecule has 0 saturated carbocycles. The van der Waals surface area contributed by atoms with Crippen LogP contribution in [0.5, 0.6) is 5.75 Å². The summed E-state index contributed by atoms with van der Waals surface area (Å²) in [6, 6.07) is 7.91. The van der Waals surface area contributed by atoms with Crippen molar-refractivity contribution in [2.75, 3.05) is 13.7 Å². The van der Waals surface area contributed by atoms with E-state index in [0.717, 1.165) is 30.1 Å². The van der Waals surface area contributed by atoms with Crippen LogP contribution in [0.3, 0.4) is 0 Å². The van der Waals surface area contributed by atoms with Crippen LogP contribution in [-0.2, 0) is 4.74 Å². The minimum absolute atomic E-state index is 0.798. The van der Waals surface area contributed by atoms with Crippen molar-refractivity contribution < 1.29 is 9.47 Å². The van der Waals surface area contributed by atoms with Crippen molar-refractivity contribution in [2.45, 2.75) is 6.42 Å². The van der Waals surface area contributed by atoms with Gasteiger partial charge < -0.3 is 9.47 Å². The molecule has 1 aromatic carbocycles. The third-order valence-corrected chi connectivity index (χ3v) is 2.06. The lowest BCUT2D eigenvalue weighted by atomic mass is 10.2. The largest absolute Gasteiger partial charge is 0.497 e. The smallest absolute Gasteiger partial charge is 0.122 e. The van der Waals surface area contributed by atoms with Crippen LogP contribution in [0.1, 0.15) is 12.0 Å². The Kier molecular flexibility index (Phi) is 2.21. The topological polar surface area (TPSA) is 18.5 Å². The number of hydrogen-bond donors (Lipinski definition) is 0. The molecule has 0 bridgehead atoms. The minimum atomic E-state index is 0.798. The molecule has 0 aliphatic carbocycles. The van der Waals surface area contributed by atoms with Crippen LogP contribution in [0.4, 0.5) is 0 Å². The van der Waals surface area contributed by atoms with Crippen LogP contribution in [-0.4, -0.2) is 13.7 Å². The Hall–Kier alpha value is -1.44. The highest BCUT2D eigenvalue weighted by atomic mass is 16.5. The fourth-order valence-electron chi connectivity index (χ4n) is 1.40. The predicted octanol–water partition coefficient (Wildman–Crippen LogP) is 2.46. The average Bonchev–Trinajstić information content (AvgIpc) is 2.71. The van der Waals surface area contributed by atoms with E-state index in [4.69, 9.17) is 9.47 Å². The molecular weight excluding hydrogens is 164 g/mol. The lowest BCUT2D eigenvalue weighted by molar-refractivity contribution is 0.307. The molecule has 1 heterocycles. The predicted molar refractivity (Wildman–Crippen MR) is 51.5 cm³/mol. The molecule has 1 aliphatic rings. The Labute approximate surface area is 77.8 Å². The van der Waals surface area contributed by atoms with E-state index in [0.29, 0.717) is 0 Å². The molecule has 1 aromatic rings. The zero-order chi connectivity index (χ0) is 9.10. The van der Waals surface area contributed by atoms with E-state index < -0.39 is 0 Å². The summed E-state index contributed by atoms with van der Waals surface area (Å²) in [6.45, 7) is 0.798. The molecule has 0 unspecified atom stereocenters. The van der Waals surface area contributed by atoms with Gasteiger partial charge in [-0.05, 0) is 18.2 Å². The summed E-state index contributed by atoms with van der Waals surface area (Å²) in [6.07, 6.45) is 3.11. The Balaban J connectivity index is 2.29. The first-order valence-electron chi connectivity index (χ1n) is 4.37. The summed E-state index contributed by atoms with van der Waals surface area (Å²) < 4.78 is 10.6. The first kappa shape index (κ1) is 8.17. The van der Waals surface area contributed by atoms with E-state index >= 15 is 0 Å². The van der Waals surface area contributed by atoms with E-state index in [1.54, 1.807) is 7.11 Å². The Morgan fingerprint density at radius 1 is 1.38 bits per heavy atom. The van der Waals surface area contributed by atoms with Crippen molar-refractivity contribution in [3.05, 3.63) is 35.9 Å². The number of hydrogen-bond acceptors (Lipinski definition) is 2. The van der Waals surface area contributed by atoms with Gasteiger partial charge in [0, 0.05) is 12.0 Å². The summed E-state index contributed by atoms with van der Waals surface area (Å²) in [5.74, 6) is 1.84. The van der Waals surface area contributed by atoms with Gasteiger partial charge in [0.1, 0.15) is 11.5 Å². The van der Waals surface area contributed by atoms with E-state index in [9.17, 15) is 0 Å². The average molecular weight is 176 g/mol. The summed E-state index contributed by atoms with van der Waals surface area (Å²) in [4.78, 5) is 0. The zero-order valence-electron chi connectivity index (χ0n) is 7.62. The molecule has 0 spiro atoms. The lowest BCUT2D eigenvalue weighted by Crippen LogP contribution is -1.88. The highest BCUT2D eigenvalue weighted by molar-refractivity contribution is 5.62. The first-order chi connectivity index (χ1) is 6.40. The van der Waals surface area contributed by atoms with Gasteiger partial charge in [-0.1, -0.05) is 12.1 Å². The minimum Gasteiger partial charge on any atom is -0.497 e. The highest BCUT2D eigenvalue weighted by Crippen LogP contribution is 2.24. The molecule has 0 amide bonds. The van der Waals surface area contributed by atoms with Gasteiger partial charge >= 0.3 is 0 Å². The molecule has 0 atom stereocenters. The summed E-state index contributed by atoms with van der Waals surface area (Å²) in [5, 5.41) is 0. The van der Waals surface area contributed by atoms with Gasteiger partial charge in [-0.15, -0.1) is 0 Å². The summed E-state index contributed by atoms with van der Waals surface area (Å²) in [7, 11) is 1.67. The Morgan fingerprint density at radius 2 is 2.31 bits per heavy atom. The van der Waals surface area contributed by atoms with Gasteiger partial charge in [0.2, 0.25) is 0 Å². The second-order valence-electron chi connectivity index (χ2n) is 2.94. The lowest BCUT2D eigenvalue weighted by Gasteiger charge is -2.05. The first-order valence-corrected chi connectivity index (χ1v) is 4.37. The molecule has 2 rings (SSSR count). The fourth-order valence-corrected chi connectivity index (χ4v) is 1.40. The maximum atomic E-state index is 5.44. The number of rotatable bonds is 2. The number of benzene rings is 1. The zero-order valence-corrected chi connectivity index (χ0v) is 7.62. The van der Waals surface area contributed by atoms with Crippen LogP contribution < -0.4 is 4.74 Å². The van der Waals surface area contributed by atoms with Crippen LogP contribution in [0.25, 0.3) is 5.76 Å². The number of ether oxygens (including phenoxy) is 2. The van der Waals surface area contributed by atoms with Crippen LogP contribution in [0.15, 0.2) is 30.3 Å². The fraction of sp³-hybridized carbons (Fsp3) is 0.273.